The summed E-state index contributed by atoms with van der Waals surface area (Å²) in [6, 6.07) is 10.1. The van der Waals surface area contributed by atoms with Crippen molar-refractivity contribution in [3.63, 3.8) is 0 Å². The minimum Gasteiger partial charge on any atom is -0.481 e. The summed E-state index contributed by atoms with van der Waals surface area (Å²) in [6.07, 6.45) is 1.08. The predicted octanol–water partition coefficient (Wildman–Crippen LogP) is 1.33. The number of carbonyl (C=O) groups is 1. The van der Waals surface area contributed by atoms with E-state index in [9.17, 15) is 4.79 Å². The van der Waals surface area contributed by atoms with Crippen LogP contribution in [0.5, 0.6) is 0 Å². The molecule has 0 aromatic heterocycles. The smallest absolute Gasteiger partial charge is 0.305 e. The average Bonchev–Trinajstić information content (AvgIpc) is 2.69. The van der Waals surface area contributed by atoms with Gasteiger partial charge in [-0.25, -0.2) is 0 Å². The van der Waals surface area contributed by atoms with E-state index in [1.165, 1.54) is 5.56 Å². The number of rotatable bonds is 5. The molecule has 1 unspecified atom stereocenters. The minimum atomic E-state index is -0.731. The first-order valence-electron chi connectivity index (χ1n) is 6.29. The SMILES string of the molecule is CN1CCC(CC(=O)O)(NCc2ccccc2)C1. The minimum absolute atomic E-state index is 0.185. The Bertz CT molecular complexity index is 408. The second-order valence-corrected chi connectivity index (χ2v) is 5.18. The van der Waals surface area contributed by atoms with Gasteiger partial charge in [-0.1, -0.05) is 30.3 Å². The molecule has 4 heteroatoms. The van der Waals surface area contributed by atoms with Crippen LogP contribution in [0.4, 0.5) is 0 Å². The number of carboxylic acid groups (broad SMARTS) is 1. The topological polar surface area (TPSA) is 52.6 Å². The van der Waals surface area contributed by atoms with Crippen LogP contribution in [0.2, 0.25) is 0 Å². The first-order chi connectivity index (χ1) is 8.60. The number of aliphatic carboxylic acids is 1. The lowest BCUT2D eigenvalue weighted by atomic mass is 9.93. The Labute approximate surface area is 108 Å². The van der Waals surface area contributed by atoms with Gasteiger partial charge in [-0.3, -0.25) is 4.79 Å². The van der Waals surface area contributed by atoms with Crippen molar-refractivity contribution in [1.82, 2.24) is 10.2 Å². The zero-order valence-electron chi connectivity index (χ0n) is 10.7. The molecular weight excluding hydrogens is 228 g/mol. The monoisotopic (exact) mass is 248 g/mol. The highest BCUT2D eigenvalue weighted by Crippen LogP contribution is 2.24. The summed E-state index contributed by atoms with van der Waals surface area (Å²) >= 11 is 0. The van der Waals surface area contributed by atoms with E-state index in [2.05, 4.69) is 22.3 Å². The summed E-state index contributed by atoms with van der Waals surface area (Å²) < 4.78 is 0. The highest BCUT2D eigenvalue weighted by atomic mass is 16.4. The molecule has 4 nitrogen and oxygen atoms in total. The standard InChI is InChI=1S/C14H20N2O2/c1-16-8-7-14(11-16,9-13(17)18)15-10-12-5-3-2-4-6-12/h2-6,15H,7-11H2,1H3,(H,17,18). The molecule has 1 aliphatic heterocycles. The van der Waals surface area contributed by atoms with Crippen molar-refractivity contribution in [2.45, 2.75) is 24.9 Å². The first kappa shape index (κ1) is 13.1. The van der Waals surface area contributed by atoms with Crippen LogP contribution >= 0.6 is 0 Å². The molecule has 1 atom stereocenters. The second kappa shape index (κ2) is 5.50. The van der Waals surface area contributed by atoms with Crippen LogP contribution < -0.4 is 5.32 Å². The molecule has 1 aliphatic rings. The van der Waals surface area contributed by atoms with Gasteiger partial charge in [-0.15, -0.1) is 0 Å². The zero-order chi connectivity index (χ0) is 13.0. The number of hydrogen-bond acceptors (Lipinski definition) is 3. The van der Waals surface area contributed by atoms with Gasteiger partial charge in [-0.05, 0) is 25.6 Å². The molecule has 0 bridgehead atoms. The molecule has 98 valence electrons. The fourth-order valence-corrected chi connectivity index (χ4v) is 2.61. The fraction of sp³-hybridized carbons (Fsp3) is 0.500. The molecule has 0 saturated carbocycles. The van der Waals surface area contributed by atoms with Gasteiger partial charge in [0.2, 0.25) is 0 Å². The van der Waals surface area contributed by atoms with Crippen LogP contribution in [0.3, 0.4) is 0 Å². The van der Waals surface area contributed by atoms with Crippen molar-refractivity contribution in [3.05, 3.63) is 35.9 Å². The number of nitrogens with zero attached hydrogens (tertiary/aromatic N) is 1. The quantitative estimate of drug-likeness (QED) is 0.825. The molecule has 0 amide bonds. The van der Waals surface area contributed by atoms with E-state index in [0.717, 1.165) is 26.1 Å². The molecule has 1 aromatic rings. The van der Waals surface area contributed by atoms with E-state index in [1.807, 2.05) is 25.2 Å². The molecule has 1 aromatic carbocycles. The number of likely N-dealkylation sites (N-methyl/N-ethyl adjacent to an activating group) is 1. The van der Waals surface area contributed by atoms with Gasteiger partial charge in [0.25, 0.3) is 0 Å². The summed E-state index contributed by atoms with van der Waals surface area (Å²) in [7, 11) is 2.04. The molecule has 2 N–H and O–H groups in total. The number of likely N-dealkylation sites (tertiary alicyclic amines) is 1. The van der Waals surface area contributed by atoms with E-state index in [1.54, 1.807) is 0 Å². The van der Waals surface area contributed by atoms with Crippen LogP contribution in [-0.4, -0.2) is 41.7 Å². The summed E-state index contributed by atoms with van der Waals surface area (Å²) in [5.74, 6) is -0.731. The highest BCUT2D eigenvalue weighted by molar-refractivity contribution is 5.68. The lowest BCUT2D eigenvalue weighted by Gasteiger charge is -2.29. The number of nitrogens with one attached hydrogen (secondary N) is 1. The molecule has 0 radical (unpaired) electrons. The van der Waals surface area contributed by atoms with Crippen LogP contribution in [0.15, 0.2) is 30.3 Å². The largest absolute Gasteiger partial charge is 0.481 e. The molecule has 1 saturated heterocycles. The third-order valence-corrected chi connectivity index (χ3v) is 3.54. The number of carboxylic acids is 1. The fourth-order valence-electron chi connectivity index (χ4n) is 2.61. The van der Waals surface area contributed by atoms with Crippen LogP contribution in [-0.2, 0) is 11.3 Å². The maximum absolute atomic E-state index is 11.0. The normalized spacial score (nSPS) is 24.3. The van der Waals surface area contributed by atoms with Gasteiger partial charge < -0.3 is 15.3 Å². The van der Waals surface area contributed by atoms with Crippen molar-refractivity contribution in [3.8, 4) is 0 Å². The van der Waals surface area contributed by atoms with Gasteiger partial charge >= 0.3 is 5.97 Å². The van der Waals surface area contributed by atoms with Crippen molar-refractivity contribution in [2.75, 3.05) is 20.1 Å². The summed E-state index contributed by atoms with van der Waals surface area (Å²) in [6.45, 7) is 2.48. The molecule has 1 fully saturated rings. The second-order valence-electron chi connectivity index (χ2n) is 5.18. The average molecular weight is 248 g/mol. The van der Waals surface area contributed by atoms with Crippen LogP contribution in [0, 0.1) is 0 Å². The molecule has 0 spiro atoms. The Balaban J connectivity index is 2.00. The van der Waals surface area contributed by atoms with E-state index < -0.39 is 5.97 Å². The van der Waals surface area contributed by atoms with Crippen LogP contribution in [0.1, 0.15) is 18.4 Å². The molecule has 2 rings (SSSR count). The van der Waals surface area contributed by atoms with Crippen molar-refractivity contribution in [2.24, 2.45) is 0 Å². The maximum atomic E-state index is 11.0. The zero-order valence-corrected chi connectivity index (χ0v) is 10.7. The molecule has 0 aliphatic carbocycles. The third kappa shape index (κ3) is 3.31. The molecular formula is C14H20N2O2. The van der Waals surface area contributed by atoms with E-state index in [0.29, 0.717) is 0 Å². The number of hydrogen-bond donors (Lipinski definition) is 2. The predicted molar refractivity (Wildman–Crippen MR) is 70.4 cm³/mol. The Hall–Kier alpha value is -1.39. The Morgan fingerprint density at radius 1 is 1.44 bits per heavy atom. The van der Waals surface area contributed by atoms with Gasteiger partial charge in [0.15, 0.2) is 0 Å². The lowest BCUT2D eigenvalue weighted by Crippen LogP contribution is -2.48. The summed E-state index contributed by atoms with van der Waals surface area (Å²) in [4.78, 5) is 13.2. The Morgan fingerprint density at radius 3 is 2.72 bits per heavy atom. The molecule has 18 heavy (non-hydrogen) atoms. The number of benzene rings is 1. The first-order valence-corrected chi connectivity index (χ1v) is 6.29. The highest BCUT2D eigenvalue weighted by Gasteiger charge is 2.38. The van der Waals surface area contributed by atoms with Crippen LogP contribution in [0.25, 0.3) is 0 Å². The van der Waals surface area contributed by atoms with Gasteiger partial charge in [0.05, 0.1) is 6.42 Å². The Kier molecular flexibility index (Phi) is 3.99. The molecule has 1 heterocycles. The Morgan fingerprint density at radius 2 is 2.17 bits per heavy atom. The third-order valence-electron chi connectivity index (χ3n) is 3.54. The van der Waals surface area contributed by atoms with E-state index in [4.69, 9.17) is 5.11 Å². The van der Waals surface area contributed by atoms with Gasteiger partial charge in [-0.2, -0.15) is 0 Å². The lowest BCUT2D eigenvalue weighted by molar-refractivity contribution is -0.138. The van der Waals surface area contributed by atoms with Crippen molar-refractivity contribution >= 4 is 5.97 Å². The summed E-state index contributed by atoms with van der Waals surface area (Å²) in [5, 5.41) is 12.5. The van der Waals surface area contributed by atoms with E-state index in [-0.39, 0.29) is 12.0 Å². The van der Waals surface area contributed by atoms with E-state index >= 15 is 0 Å². The van der Waals surface area contributed by atoms with Crippen molar-refractivity contribution < 1.29 is 9.90 Å². The van der Waals surface area contributed by atoms with Gasteiger partial charge in [0.1, 0.15) is 0 Å². The maximum Gasteiger partial charge on any atom is 0.305 e. The summed E-state index contributed by atoms with van der Waals surface area (Å²) in [5.41, 5.74) is 0.910. The van der Waals surface area contributed by atoms with Crippen molar-refractivity contribution in [1.29, 1.82) is 0 Å². The van der Waals surface area contributed by atoms with Gasteiger partial charge in [0, 0.05) is 18.6 Å².